The van der Waals surface area contributed by atoms with E-state index in [2.05, 4.69) is 19.2 Å². The average molecular weight is 462 g/mol. The first kappa shape index (κ1) is 23.6. The zero-order chi connectivity index (χ0) is 24.5. The second kappa shape index (κ2) is 9.37. The van der Waals surface area contributed by atoms with E-state index >= 15 is 0 Å². The van der Waals surface area contributed by atoms with Gasteiger partial charge in [-0.25, -0.2) is 4.79 Å². The number of carbonyl (C=O) groups is 2. The predicted octanol–water partition coefficient (Wildman–Crippen LogP) is 4.79. The second-order valence-electron chi connectivity index (χ2n) is 9.73. The quantitative estimate of drug-likeness (QED) is 0.602. The summed E-state index contributed by atoms with van der Waals surface area (Å²) in [5.74, 6) is -0.756. The van der Waals surface area contributed by atoms with Gasteiger partial charge in [0.1, 0.15) is 0 Å². The Morgan fingerprint density at radius 3 is 2.59 bits per heavy atom. The number of ketones is 1. The number of hydrogen-bond donors (Lipinski definition) is 2. The Kier molecular flexibility index (Phi) is 6.51. The summed E-state index contributed by atoms with van der Waals surface area (Å²) < 4.78 is 11.0. The Morgan fingerprint density at radius 1 is 1.15 bits per heavy atom. The highest BCUT2D eigenvalue weighted by Gasteiger charge is 2.43. The van der Waals surface area contributed by atoms with Gasteiger partial charge in [-0.2, -0.15) is 0 Å². The number of carbonyl (C=O) groups excluding carboxylic acids is 2. The lowest BCUT2D eigenvalue weighted by Crippen LogP contribution is -2.38. The fourth-order valence-electron chi connectivity index (χ4n) is 4.90. The minimum atomic E-state index is -0.599. The number of esters is 1. The van der Waals surface area contributed by atoms with Gasteiger partial charge in [-0.15, -0.1) is 0 Å². The molecule has 1 aliphatic carbocycles. The topological polar surface area (TPSA) is 84.9 Å². The molecule has 6 nitrogen and oxygen atoms in total. The van der Waals surface area contributed by atoms with Crippen molar-refractivity contribution >= 4 is 11.8 Å². The van der Waals surface area contributed by atoms with Crippen LogP contribution in [0, 0.1) is 5.41 Å². The fourth-order valence-corrected chi connectivity index (χ4v) is 4.90. The Balaban J connectivity index is 1.70. The zero-order valence-electron chi connectivity index (χ0n) is 20.1. The van der Waals surface area contributed by atoms with E-state index in [1.165, 1.54) is 13.2 Å². The molecule has 0 saturated carbocycles. The van der Waals surface area contributed by atoms with Crippen LogP contribution in [0.1, 0.15) is 50.7 Å². The standard InChI is InChI=1S/C28H31NO5/c1-17-24(27(32)34-13-12-18-8-6-5-7-9-18)25(19-10-11-21(30)23(14-19)33-4)26-20(29-17)15-28(2,3)16-22(26)31/h5-11,14,25,29-30H,12-13,15-16H2,1-4H3/t25-/m1/s1. The molecule has 6 heteroatoms. The van der Waals surface area contributed by atoms with Crippen molar-refractivity contribution in [3.8, 4) is 11.5 Å². The number of phenols is 1. The number of nitrogens with one attached hydrogen (secondary N) is 1. The van der Waals surface area contributed by atoms with Crippen molar-refractivity contribution < 1.29 is 24.2 Å². The summed E-state index contributed by atoms with van der Waals surface area (Å²) in [6.45, 7) is 6.22. The molecular formula is C28H31NO5. The molecule has 1 atom stereocenters. The van der Waals surface area contributed by atoms with Gasteiger partial charge in [0.2, 0.25) is 0 Å². The number of Topliss-reactive ketones (excluding diaryl/α,β-unsaturated/α-hetero) is 1. The van der Waals surface area contributed by atoms with Crippen molar-refractivity contribution in [2.24, 2.45) is 5.41 Å². The molecule has 1 heterocycles. The number of allylic oxidation sites excluding steroid dienone is 3. The molecule has 0 aromatic heterocycles. The van der Waals surface area contributed by atoms with Crippen LogP contribution in [-0.4, -0.2) is 30.6 Å². The lowest BCUT2D eigenvalue weighted by Gasteiger charge is -2.39. The number of hydrogen-bond acceptors (Lipinski definition) is 6. The van der Waals surface area contributed by atoms with Crippen LogP contribution >= 0.6 is 0 Å². The summed E-state index contributed by atoms with van der Waals surface area (Å²) in [4.78, 5) is 26.7. The maximum atomic E-state index is 13.4. The highest BCUT2D eigenvalue weighted by Crippen LogP contribution is 2.47. The summed E-state index contributed by atoms with van der Waals surface area (Å²) >= 11 is 0. The van der Waals surface area contributed by atoms with Crippen molar-refractivity contribution in [3.63, 3.8) is 0 Å². The molecule has 2 aromatic rings. The Bertz CT molecular complexity index is 1180. The van der Waals surface area contributed by atoms with E-state index in [9.17, 15) is 14.7 Å². The maximum absolute atomic E-state index is 13.4. The van der Waals surface area contributed by atoms with Gasteiger partial charge < -0.3 is 19.9 Å². The second-order valence-corrected chi connectivity index (χ2v) is 9.73. The largest absolute Gasteiger partial charge is 0.504 e. The highest BCUT2D eigenvalue weighted by atomic mass is 16.5. The lowest BCUT2D eigenvalue weighted by molar-refractivity contribution is -0.139. The molecule has 0 fully saturated rings. The molecule has 2 N–H and O–H groups in total. The van der Waals surface area contributed by atoms with Crippen molar-refractivity contribution in [1.82, 2.24) is 5.32 Å². The van der Waals surface area contributed by atoms with Gasteiger partial charge in [0.25, 0.3) is 0 Å². The minimum absolute atomic E-state index is 0.00168. The van der Waals surface area contributed by atoms with Crippen LogP contribution in [0.15, 0.2) is 71.1 Å². The summed E-state index contributed by atoms with van der Waals surface area (Å²) in [5, 5.41) is 13.5. The molecule has 34 heavy (non-hydrogen) atoms. The number of benzene rings is 2. The summed E-state index contributed by atoms with van der Waals surface area (Å²) in [5.41, 5.74) is 4.12. The van der Waals surface area contributed by atoms with Crippen LogP contribution in [0.5, 0.6) is 11.5 Å². The van der Waals surface area contributed by atoms with Gasteiger partial charge >= 0.3 is 5.97 Å². The van der Waals surface area contributed by atoms with Gasteiger partial charge in [-0.05, 0) is 42.0 Å². The molecule has 0 amide bonds. The average Bonchev–Trinajstić information content (AvgIpc) is 2.78. The Labute approximate surface area is 200 Å². The van der Waals surface area contributed by atoms with Crippen molar-refractivity contribution in [1.29, 1.82) is 0 Å². The van der Waals surface area contributed by atoms with E-state index in [1.807, 2.05) is 37.3 Å². The molecule has 2 aliphatic rings. The smallest absolute Gasteiger partial charge is 0.336 e. The van der Waals surface area contributed by atoms with E-state index in [1.54, 1.807) is 12.1 Å². The highest BCUT2D eigenvalue weighted by molar-refractivity contribution is 6.04. The number of aromatic hydroxyl groups is 1. The summed E-state index contributed by atoms with van der Waals surface area (Å²) in [7, 11) is 1.47. The Morgan fingerprint density at radius 2 is 1.88 bits per heavy atom. The molecule has 0 bridgehead atoms. The fraction of sp³-hybridized carbons (Fsp3) is 0.357. The van der Waals surface area contributed by atoms with Gasteiger partial charge in [0.05, 0.1) is 19.3 Å². The van der Waals surface area contributed by atoms with Crippen LogP contribution in [0.2, 0.25) is 0 Å². The first-order chi connectivity index (χ1) is 16.2. The third-order valence-electron chi connectivity index (χ3n) is 6.46. The summed E-state index contributed by atoms with van der Waals surface area (Å²) in [6.07, 6.45) is 1.70. The molecule has 4 rings (SSSR count). The molecule has 178 valence electrons. The first-order valence-corrected chi connectivity index (χ1v) is 11.5. The van der Waals surface area contributed by atoms with Crippen LogP contribution < -0.4 is 10.1 Å². The van der Waals surface area contributed by atoms with Crippen LogP contribution in [0.25, 0.3) is 0 Å². The third kappa shape index (κ3) is 4.72. The van der Waals surface area contributed by atoms with E-state index in [-0.39, 0.29) is 29.3 Å². The van der Waals surface area contributed by atoms with Crippen molar-refractivity contribution in [2.75, 3.05) is 13.7 Å². The van der Waals surface area contributed by atoms with Crippen molar-refractivity contribution in [3.05, 3.63) is 82.2 Å². The molecule has 2 aromatic carbocycles. The normalized spacial score (nSPS) is 19.4. The van der Waals surface area contributed by atoms with Crippen LogP contribution in [0.3, 0.4) is 0 Å². The monoisotopic (exact) mass is 461 g/mol. The number of methoxy groups -OCH3 is 1. The molecule has 0 spiro atoms. The first-order valence-electron chi connectivity index (χ1n) is 11.5. The molecule has 0 unspecified atom stereocenters. The number of phenolic OH excluding ortho intramolecular Hbond substituents is 1. The minimum Gasteiger partial charge on any atom is -0.504 e. The summed E-state index contributed by atoms with van der Waals surface area (Å²) in [6, 6.07) is 14.8. The number of dihydropyridines is 1. The lowest BCUT2D eigenvalue weighted by atomic mass is 9.68. The van der Waals surface area contributed by atoms with Gasteiger partial charge in [0.15, 0.2) is 17.3 Å². The van der Waals surface area contributed by atoms with Crippen LogP contribution in [0.4, 0.5) is 0 Å². The zero-order valence-corrected chi connectivity index (χ0v) is 20.1. The van der Waals surface area contributed by atoms with E-state index in [4.69, 9.17) is 9.47 Å². The SMILES string of the molecule is COc1cc([C@@H]2C(C(=O)OCCc3ccccc3)=C(C)NC3=C2C(=O)CC(C)(C)C3)ccc1O. The predicted molar refractivity (Wildman–Crippen MR) is 129 cm³/mol. The van der Waals surface area contributed by atoms with E-state index in [0.29, 0.717) is 41.7 Å². The third-order valence-corrected chi connectivity index (χ3v) is 6.46. The van der Waals surface area contributed by atoms with E-state index < -0.39 is 11.9 Å². The van der Waals surface area contributed by atoms with Gasteiger partial charge in [-0.1, -0.05) is 50.2 Å². The van der Waals surface area contributed by atoms with Gasteiger partial charge in [0, 0.05) is 35.7 Å². The maximum Gasteiger partial charge on any atom is 0.336 e. The van der Waals surface area contributed by atoms with E-state index in [0.717, 1.165) is 11.3 Å². The van der Waals surface area contributed by atoms with Crippen molar-refractivity contribution in [2.45, 2.75) is 46.0 Å². The number of ether oxygens (including phenoxy) is 2. The Hall–Kier alpha value is -3.54. The number of rotatable bonds is 6. The molecular weight excluding hydrogens is 430 g/mol. The molecule has 1 aliphatic heterocycles. The van der Waals surface area contributed by atoms with Gasteiger partial charge in [-0.3, -0.25) is 4.79 Å². The molecule has 0 saturated heterocycles. The van der Waals surface area contributed by atoms with Crippen LogP contribution in [-0.2, 0) is 20.7 Å². The molecule has 0 radical (unpaired) electrons.